The predicted octanol–water partition coefficient (Wildman–Crippen LogP) is 1.25. The number of aliphatic hydroxyl groups is 1. The van der Waals surface area contributed by atoms with Gasteiger partial charge in [0.15, 0.2) is 0 Å². The molecule has 27 heavy (non-hydrogen) atoms. The summed E-state index contributed by atoms with van der Waals surface area (Å²) in [6.07, 6.45) is 1.04. The first kappa shape index (κ1) is 17.9. The van der Waals surface area contributed by atoms with E-state index < -0.39 is 29.2 Å². The topological polar surface area (TPSA) is 114 Å². The minimum absolute atomic E-state index is 0.0549. The second kappa shape index (κ2) is 6.28. The summed E-state index contributed by atoms with van der Waals surface area (Å²) in [6, 6.07) is 4.07. The summed E-state index contributed by atoms with van der Waals surface area (Å²) >= 11 is 0. The lowest BCUT2D eigenvalue weighted by atomic mass is 9.69. The van der Waals surface area contributed by atoms with E-state index in [1.165, 1.54) is 22.8 Å². The van der Waals surface area contributed by atoms with E-state index in [1.807, 2.05) is 0 Å². The minimum atomic E-state index is -1.09. The predicted molar refractivity (Wildman–Crippen MR) is 93.0 cm³/mol. The summed E-state index contributed by atoms with van der Waals surface area (Å²) in [4.78, 5) is 27.3. The molecule has 8 nitrogen and oxygen atoms in total. The SMILES string of the molecule is O=C(O)NC12CCC(C(O)Cn3c(=O)ccc4ncc(F)cc43)(CC1)OC2. The molecule has 1 amide bonds. The number of halogens is 1. The van der Waals surface area contributed by atoms with Crippen LogP contribution in [0.2, 0.25) is 0 Å². The molecule has 144 valence electrons. The summed E-state index contributed by atoms with van der Waals surface area (Å²) in [6.45, 7) is 0.123. The van der Waals surface area contributed by atoms with Crippen LogP contribution in [-0.4, -0.2) is 49.7 Å². The van der Waals surface area contributed by atoms with Crippen molar-refractivity contribution in [3.63, 3.8) is 0 Å². The van der Waals surface area contributed by atoms with Gasteiger partial charge in [-0.2, -0.15) is 0 Å². The molecule has 4 heterocycles. The van der Waals surface area contributed by atoms with Gasteiger partial charge < -0.3 is 24.8 Å². The number of rotatable bonds is 4. The van der Waals surface area contributed by atoms with E-state index in [2.05, 4.69) is 10.3 Å². The first-order valence-electron chi connectivity index (χ1n) is 8.81. The molecule has 3 aliphatic rings. The summed E-state index contributed by atoms with van der Waals surface area (Å²) in [5.74, 6) is -0.564. The van der Waals surface area contributed by atoms with Crippen molar-refractivity contribution in [1.82, 2.24) is 14.9 Å². The van der Waals surface area contributed by atoms with Crippen molar-refractivity contribution in [3.05, 3.63) is 40.6 Å². The van der Waals surface area contributed by atoms with Gasteiger partial charge in [0, 0.05) is 12.1 Å². The van der Waals surface area contributed by atoms with E-state index in [4.69, 9.17) is 9.84 Å². The first-order valence-corrected chi connectivity index (χ1v) is 8.81. The maximum Gasteiger partial charge on any atom is 0.405 e. The standard InChI is InChI=1S/C18H20FN3O5/c19-11-7-13-12(20-8-11)1-2-15(24)22(13)9-14(23)18-5-3-17(4-6-18,10-27-18)21-16(25)26/h1-2,7-8,14,21,23H,3-6,9-10H2,(H,25,26). The molecule has 2 aromatic heterocycles. The Morgan fingerprint density at radius 3 is 2.74 bits per heavy atom. The van der Waals surface area contributed by atoms with E-state index in [9.17, 15) is 19.1 Å². The van der Waals surface area contributed by atoms with Crippen molar-refractivity contribution in [2.75, 3.05) is 6.61 Å². The molecule has 2 aliphatic heterocycles. The largest absolute Gasteiger partial charge is 0.465 e. The molecule has 2 bridgehead atoms. The molecule has 1 aliphatic carbocycles. The Hall–Kier alpha value is -2.52. The van der Waals surface area contributed by atoms with Crippen LogP contribution in [0.15, 0.2) is 29.2 Å². The van der Waals surface area contributed by atoms with Gasteiger partial charge in [-0.25, -0.2) is 9.18 Å². The fraction of sp³-hybridized carbons (Fsp3) is 0.500. The van der Waals surface area contributed by atoms with Crippen LogP contribution >= 0.6 is 0 Å². The maximum absolute atomic E-state index is 13.6. The van der Waals surface area contributed by atoms with E-state index in [-0.39, 0.29) is 18.7 Å². The summed E-state index contributed by atoms with van der Waals surface area (Å²) < 4.78 is 20.8. The van der Waals surface area contributed by atoms with Crippen LogP contribution in [0, 0.1) is 5.82 Å². The van der Waals surface area contributed by atoms with E-state index in [0.717, 1.165) is 6.20 Å². The molecule has 3 N–H and O–H groups in total. The minimum Gasteiger partial charge on any atom is -0.465 e. The third kappa shape index (κ3) is 3.06. The van der Waals surface area contributed by atoms with Crippen LogP contribution in [0.1, 0.15) is 25.7 Å². The first-order chi connectivity index (χ1) is 12.8. The Morgan fingerprint density at radius 2 is 2.11 bits per heavy atom. The van der Waals surface area contributed by atoms with Crippen LogP contribution in [0.3, 0.4) is 0 Å². The summed E-state index contributed by atoms with van der Waals surface area (Å²) in [7, 11) is 0. The number of nitrogens with zero attached hydrogens (tertiary/aromatic N) is 2. The van der Waals surface area contributed by atoms with Gasteiger partial charge in [-0.3, -0.25) is 9.78 Å². The highest BCUT2D eigenvalue weighted by atomic mass is 19.1. The number of ether oxygens (including phenoxy) is 1. The fourth-order valence-electron chi connectivity index (χ4n) is 4.21. The Bertz CT molecular complexity index is 935. The molecule has 1 saturated carbocycles. The average molecular weight is 377 g/mol. The van der Waals surface area contributed by atoms with Crippen molar-refractivity contribution >= 4 is 17.1 Å². The normalized spacial score (nSPS) is 28.2. The number of pyridine rings is 2. The second-order valence-electron chi connectivity index (χ2n) is 7.42. The zero-order valence-corrected chi connectivity index (χ0v) is 14.5. The highest BCUT2D eigenvalue weighted by molar-refractivity contribution is 5.74. The van der Waals surface area contributed by atoms with Crippen LogP contribution in [0.4, 0.5) is 9.18 Å². The number of hydrogen-bond donors (Lipinski definition) is 3. The number of carbonyl (C=O) groups is 1. The van der Waals surface area contributed by atoms with Crippen LogP contribution in [0.25, 0.3) is 11.0 Å². The Morgan fingerprint density at radius 1 is 1.37 bits per heavy atom. The zero-order valence-electron chi connectivity index (χ0n) is 14.5. The second-order valence-corrected chi connectivity index (χ2v) is 7.42. The van der Waals surface area contributed by atoms with Gasteiger partial charge in [0.1, 0.15) is 11.9 Å². The van der Waals surface area contributed by atoms with Crippen molar-refractivity contribution < 1.29 is 24.1 Å². The summed E-state index contributed by atoms with van der Waals surface area (Å²) in [5.41, 5.74) is -1.05. The smallest absolute Gasteiger partial charge is 0.405 e. The molecular formula is C18H20FN3O5. The van der Waals surface area contributed by atoms with Crippen LogP contribution in [-0.2, 0) is 11.3 Å². The van der Waals surface area contributed by atoms with Gasteiger partial charge >= 0.3 is 6.09 Å². The Labute approximate surface area is 153 Å². The highest BCUT2D eigenvalue weighted by Gasteiger charge is 2.53. The number of aliphatic hydroxyl groups excluding tert-OH is 1. The van der Waals surface area contributed by atoms with E-state index in [0.29, 0.717) is 36.7 Å². The van der Waals surface area contributed by atoms with E-state index >= 15 is 0 Å². The van der Waals surface area contributed by atoms with Gasteiger partial charge in [-0.1, -0.05) is 0 Å². The molecule has 9 heteroatoms. The Kier molecular flexibility index (Phi) is 4.15. The number of hydrogen-bond acceptors (Lipinski definition) is 5. The van der Waals surface area contributed by atoms with Gasteiger partial charge in [0.05, 0.1) is 41.5 Å². The number of aromatic nitrogens is 2. The third-order valence-corrected chi connectivity index (χ3v) is 5.83. The van der Waals surface area contributed by atoms with Crippen molar-refractivity contribution in [1.29, 1.82) is 0 Å². The van der Waals surface area contributed by atoms with Gasteiger partial charge in [0.25, 0.3) is 5.56 Å². The molecule has 2 saturated heterocycles. The van der Waals surface area contributed by atoms with Gasteiger partial charge in [0.2, 0.25) is 0 Å². The van der Waals surface area contributed by atoms with Crippen molar-refractivity contribution in [2.45, 2.75) is 49.5 Å². The monoisotopic (exact) mass is 377 g/mol. The van der Waals surface area contributed by atoms with Gasteiger partial charge in [-0.15, -0.1) is 0 Å². The molecule has 0 spiro atoms. The molecule has 5 rings (SSSR count). The Balaban J connectivity index is 1.59. The lowest BCUT2D eigenvalue weighted by molar-refractivity contribution is -0.209. The maximum atomic E-state index is 13.6. The molecule has 0 radical (unpaired) electrons. The quantitative estimate of drug-likeness (QED) is 0.739. The van der Waals surface area contributed by atoms with Crippen LogP contribution < -0.4 is 10.9 Å². The fourth-order valence-corrected chi connectivity index (χ4v) is 4.21. The lowest BCUT2D eigenvalue weighted by Crippen LogP contribution is -2.66. The molecule has 1 unspecified atom stereocenters. The van der Waals surface area contributed by atoms with Crippen LogP contribution in [0.5, 0.6) is 0 Å². The molecule has 0 aromatic carbocycles. The molecular weight excluding hydrogens is 357 g/mol. The van der Waals surface area contributed by atoms with Crippen molar-refractivity contribution in [2.24, 2.45) is 0 Å². The number of amides is 1. The summed E-state index contributed by atoms with van der Waals surface area (Å²) in [5, 5.41) is 22.4. The molecule has 3 fully saturated rings. The number of nitrogens with one attached hydrogen (secondary N) is 1. The third-order valence-electron chi connectivity index (χ3n) is 5.83. The average Bonchev–Trinajstić information content (AvgIpc) is 2.64. The van der Waals surface area contributed by atoms with Gasteiger partial charge in [-0.05, 0) is 31.7 Å². The molecule has 2 aromatic rings. The van der Waals surface area contributed by atoms with Crippen molar-refractivity contribution in [3.8, 4) is 0 Å². The number of fused-ring (bicyclic) bond motifs is 4. The highest BCUT2D eigenvalue weighted by Crippen LogP contribution is 2.45. The number of carboxylic acid groups (broad SMARTS) is 1. The zero-order chi connectivity index (χ0) is 19.2. The molecule has 1 atom stereocenters. The van der Waals surface area contributed by atoms with E-state index in [1.54, 1.807) is 0 Å². The lowest BCUT2D eigenvalue weighted by Gasteiger charge is -2.54.